The van der Waals surface area contributed by atoms with Gasteiger partial charge in [0.05, 0.1) is 30.4 Å². The summed E-state index contributed by atoms with van der Waals surface area (Å²) in [6.07, 6.45) is 4.36. The van der Waals surface area contributed by atoms with E-state index in [1.54, 1.807) is 48.8 Å². The van der Waals surface area contributed by atoms with E-state index in [-0.39, 0.29) is 16.9 Å². The average Bonchev–Trinajstić information content (AvgIpc) is 2.84. The Morgan fingerprint density at radius 3 is 2.13 bits per heavy atom. The van der Waals surface area contributed by atoms with Gasteiger partial charge in [0.25, 0.3) is 0 Å². The summed E-state index contributed by atoms with van der Waals surface area (Å²) in [5.41, 5.74) is 1.61. The van der Waals surface area contributed by atoms with Gasteiger partial charge in [0.15, 0.2) is 5.75 Å². The fourth-order valence-electron chi connectivity index (χ4n) is 3.93. The highest BCUT2D eigenvalue weighted by Crippen LogP contribution is 2.39. The second-order valence-electron chi connectivity index (χ2n) is 9.75. The number of urea groups is 1. The quantitative estimate of drug-likeness (QED) is 0.254. The molecule has 0 aliphatic carbocycles. The SMILES string of the molecule is COc1c(NC(=O)Nc2ccc(Oc3ccncc3)c3ccccc23)cc(C(C)(C)C)cc1NS(C)(=O)=O. The number of methoxy groups -OCH3 is 1. The van der Waals surface area contributed by atoms with Gasteiger partial charge in [-0.25, -0.2) is 13.2 Å². The molecule has 0 atom stereocenters. The molecule has 3 N–H and O–H groups in total. The zero-order valence-corrected chi connectivity index (χ0v) is 22.6. The maximum atomic E-state index is 13.2. The normalized spacial score (nSPS) is 11.6. The fourth-order valence-corrected chi connectivity index (χ4v) is 4.48. The summed E-state index contributed by atoms with van der Waals surface area (Å²) in [6.45, 7) is 5.97. The first-order valence-electron chi connectivity index (χ1n) is 11.8. The molecule has 0 aliphatic rings. The molecule has 0 saturated heterocycles. The lowest BCUT2D eigenvalue weighted by Gasteiger charge is -2.24. The van der Waals surface area contributed by atoms with Crippen molar-refractivity contribution in [2.45, 2.75) is 26.2 Å². The van der Waals surface area contributed by atoms with Crippen molar-refractivity contribution in [3.63, 3.8) is 0 Å². The number of hydrogen-bond acceptors (Lipinski definition) is 6. The van der Waals surface area contributed by atoms with Gasteiger partial charge in [-0.1, -0.05) is 45.0 Å². The van der Waals surface area contributed by atoms with Crippen LogP contribution in [0.3, 0.4) is 0 Å². The van der Waals surface area contributed by atoms with Gasteiger partial charge in [0.2, 0.25) is 10.0 Å². The molecule has 1 aromatic heterocycles. The Hall–Kier alpha value is -4.31. The number of sulfonamides is 1. The Labute approximate surface area is 222 Å². The highest BCUT2D eigenvalue weighted by molar-refractivity contribution is 7.92. The number of amides is 2. The third kappa shape index (κ3) is 6.33. The first-order chi connectivity index (χ1) is 17.9. The van der Waals surface area contributed by atoms with Crippen molar-refractivity contribution in [3.8, 4) is 17.2 Å². The number of pyridine rings is 1. The summed E-state index contributed by atoms with van der Waals surface area (Å²) >= 11 is 0. The van der Waals surface area contributed by atoms with Crippen LogP contribution >= 0.6 is 0 Å². The Morgan fingerprint density at radius 1 is 0.868 bits per heavy atom. The summed E-state index contributed by atoms with van der Waals surface area (Å²) in [5.74, 6) is 1.48. The molecule has 10 heteroatoms. The number of nitrogens with zero attached hydrogens (tertiary/aromatic N) is 1. The van der Waals surface area contributed by atoms with Crippen LogP contribution in [0.2, 0.25) is 0 Å². The molecule has 2 amide bonds. The van der Waals surface area contributed by atoms with Crippen molar-refractivity contribution in [3.05, 3.63) is 78.6 Å². The van der Waals surface area contributed by atoms with Crippen molar-refractivity contribution in [1.82, 2.24) is 4.98 Å². The van der Waals surface area contributed by atoms with Crippen LogP contribution in [0.1, 0.15) is 26.3 Å². The topological polar surface area (TPSA) is 119 Å². The van der Waals surface area contributed by atoms with E-state index in [2.05, 4.69) is 20.3 Å². The van der Waals surface area contributed by atoms with Gasteiger partial charge in [0.1, 0.15) is 11.5 Å². The predicted octanol–water partition coefficient (Wildman–Crippen LogP) is 6.35. The molecule has 0 unspecified atom stereocenters. The molecule has 0 aliphatic heterocycles. The number of ether oxygens (including phenoxy) is 2. The highest BCUT2D eigenvalue weighted by atomic mass is 32.2. The van der Waals surface area contributed by atoms with E-state index in [9.17, 15) is 13.2 Å². The third-order valence-electron chi connectivity index (χ3n) is 5.71. The lowest BCUT2D eigenvalue weighted by Crippen LogP contribution is -2.22. The molecule has 4 aromatic rings. The maximum Gasteiger partial charge on any atom is 0.323 e. The molecular formula is C28H30N4O5S. The number of benzene rings is 3. The van der Waals surface area contributed by atoms with Crippen LogP contribution in [0.25, 0.3) is 10.8 Å². The average molecular weight is 535 g/mol. The molecule has 9 nitrogen and oxygen atoms in total. The number of rotatable bonds is 7. The fraction of sp³-hybridized carbons (Fsp3) is 0.214. The molecule has 0 saturated carbocycles. The van der Waals surface area contributed by atoms with Gasteiger partial charge in [-0.3, -0.25) is 9.71 Å². The number of anilines is 3. The maximum absolute atomic E-state index is 13.2. The Morgan fingerprint density at radius 2 is 1.50 bits per heavy atom. The highest BCUT2D eigenvalue weighted by Gasteiger charge is 2.22. The van der Waals surface area contributed by atoms with Crippen molar-refractivity contribution in [2.75, 3.05) is 28.7 Å². The van der Waals surface area contributed by atoms with Crippen molar-refractivity contribution in [1.29, 1.82) is 0 Å². The second-order valence-corrected chi connectivity index (χ2v) is 11.5. The molecule has 0 spiro atoms. The van der Waals surface area contributed by atoms with Gasteiger partial charge >= 0.3 is 6.03 Å². The molecular weight excluding hydrogens is 504 g/mol. The van der Waals surface area contributed by atoms with E-state index >= 15 is 0 Å². The van der Waals surface area contributed by atoms with Crippen LogP contribution < -0.4 is 24.8 Å². The predicted molar refractivity (Wildman–Crippen MR) is 151 cm³/mol. The second kappa shape index (κ2) is 10.6. The van der Waals surface area contributed by atoms with Gasteiger partial charge < -0.3 is 20.1 Å². The van der Waals surface area contributed by atoms with Gasteiger partial charge in [0, 0.05) is 23.2 Å². The van der Waals surface area contributed by atoms with Crippen LogP contribution in [-0.2, 0) is 15.4 Å². The first-order valence-corrected chi connectivity index (χ1v) is 13.7. The zero-order chi connectivity index (χ0) is 27.5. The molecule has 0 fully saturated rings. The van der Waals surface area contributed by atoms with E-state index in [1.807, 2.05) is 45.0 Å². The minimum atomic E-state index is -3.59. The number of carbonyl (C=O) groups excluding carboxylic acids is 1. The van der Waals surface area contributed by atoms with Gasteiger partial charge in [-0.05, 0) is 47.4 Å². The number of hydrogen-bond donors (Lipinski definition) is 3. The number of aromatic nitrogens is 1. The summed E-state index contributed by atoms with van der Waals surface area (Å²) < 4.78 is 38.0. The van der Waals surface area contributed by atoms with E-state index in [1.165, 1.54) is 7.11 Å². The van der Waals surface area contributed by atoms with Crippen molar-refractivity contribution >= 4 is 43.9 Å². The molecule has 38 heavy (non-hydrogen) atoms. The third-order valence-corrected chi connectivity index (χ3v) is 6.30. The van der Waals surface area contributed by atoms with Gasteiger partial charge in [-0.2, -0.15) is 0 Å². The minimum Gasteiger partial charge on any atom is -0.492 e. The van der Waals surface area contributed by atoms with Crippen LogP contribution in [0.15, 0.2) is 73.1 Å². The summed E-state index contributed by atoms with van der Waals surface area (Å²) in [4.78, 5) is 17.2. The summed E-state index contributed by atoms with van der Waals surface area (Å²) in [7, 11) is -2.18. The molecule has 3 aromatic carbocycles. The number of fused-ring (bicyclic) bond motifs is 1. The van der Waals surface area contributed by atoms with E-state index < -0.39 is 16.1 Å². The molecule has 198 valence electrons. The molecule has 0 bridgehead atoms. The van der Waals surface area contributed by atoms with E-state index in [4.69, 9.17) is 9.47 Å². The molecule has 4 rings (SSSR count). The minimum absolute atomic E-state index is 0.199. The number of carbonyl (C=O) groups is 1. The van der Waals surface area contributed by atoms with Crippen LogP contribution in [0, 0.1) is 0 Å². The Kier molecular flexibility index (Phi) is 7.45. The summed E-state index contributed by atoms with van der Waals surface area (Å²) in [5, 5.41) is 7.31. The zero-order valence-electron chi connectivity index (χ0n) is 21.8. The Bertz CT molecular complexity index is 1580. The lowest BCUT2D eigenvalue weighted by atomic mass is 9.86. The van der Waals surface area contributed by atoms with E-state index in [0.717, 1.165) is 22.6 Å². The number of nitrogens with one attached hydrogen (secondary N) is 3. The largest absolute Gasteiger partial charge is 0.492 e. The van der Waals surface area contributed by atoms with Crippen molar-refractivity contribution < 1.29 is 22.7 Å². The van der Waals surface area contributed by atoms with Gasteiger partial charge in [-0.15, -0.1) is 0 Å². The van der Waals surface area contributed by atoms with Crippen LogP contribution in [0.5, 0.6) is 17.2 Å². The smallest absolute Gasteiger partial charge is 0.323 e. The molecule has 0 radical (unpaired) electrons. The standard InChI is InChI=1S/C28H30N4O5S/c1-28(2,3)18-16-23(26(36-4)24(17-18)32-38(5,34)35)31-27(33)30-22-10-11-25(21-9-7-6-8-20(21)22)37-19-12-14-29-15-13-19/h6-17,32H,1-5H3,(H2,30,31,33). The lowest BCUT2D eigenvalue weighted by molar-refractivity contribution is 0.262. The monoisotopic (exact) mass is 534 g/mol. The Balaban J connectivity index is 1.66. The van der Waals surface area contributed by atoms with Crippen LogP contribution in [-0.4, -0.2) is 32.8 Å². The van der Waals surface area contributed by atoms with E-state index in [0.29, 0.717) is 22.9 Å². The van der Waals surface area contributed by atoms with Crippen molar-refractivity contribution in [2.24, 2.45) is 0 Å². The molecule has 1 heterocycles. The first kappa shape index (κ1) is 26.7. The summed E-state index contributed by atoms with van der Waals surface area (Å²) in [6, 6.07) is 17.6. The van der Waals surface area contributed by atoms with Crippen LogP contribution in [0.4, 0.5) is 21.9 Å².